The first-order valence-corrected chi connectivity index (χ1v) is 4.87. The van der Waals surface area contributed by atoms with Gasteiger partial charge in [0.25, 0.3) is 0 Å². The van der Waals surface area contributed by atoms with E-state index in [4.69, 9.17) is 5.11 Å². The Morgan fingerprint density at radius 2 is 1.94 bits per heavy atom. The predicted octanol–water partition coefficient (Wildman–Crippen LogP) is 0.877. The van der Waals surface area contributed by atoms with Gasteiger partial charge in [0, 0.05) is 18.4 Å². The largest absolute Gasteiger partial charge is 0.433 e. The highest BCUT2D eigenvalue weighted by Crippen LogP contribution is 2.33. The molecule has 0 aliphatic carbocycles. The molecule has 3 N–H and O–H groups in total. The minimum absolute atomic E-state index is 0.215. The number of hydrogen-bond donors (Lipinski definition) is 3. The van der Waals surface area contributed by atoms with Crippen molar-refractivity contribution in [1.82, 2.24) is 4.98 Å². The number of pyridine rings is 1. The van der Waals surface area contributed by atoms with Crippen LogP contribution in [0.2, 0.25) is 0 Å². The molecule has 2 atom stereocenters. The van der Waals surface area contributed by atoms with Gasteiger partial charge in [-0.3, -0.25) is 4.98 Å². The molecule has 0 spiro atoms. The number of aliphatic hydroxyl groups is 3. The van der Waals surface area contributed by atoms with Gasteiger partial charge in [-0.1, -0.05) is 6.07 Å². The van der Waals surface area contributed by atoms with Gasteiger partial charge in [0.15, 0.2) is 0 Å². The molecule has 1 heterocycles. The molecule has 1 aromatic rings. The van der Waals surface area contributed by atoms with Crippen molar-refractivity contribution in [3.05, 3.63) is 29.6 Å². The molecule has 0 fully saturated rings. The SMILES string of the molecule is OCCC(O)C(O)c1cccnc1C(F)(F)F. The van der Waals surface area contributed by atoms with E-state index in [0.29, 0.717) is 0 Å². The molecule has 0 saturated heterocycles. The molecule has 0 aliphatic heterocycles. The lowest BCUT2D eigenvalue weighted by molar-refractivity contribution is -0.143. The molecular weight excluding hydrogens is 239 g/mol. The minimum Gasteiger partial charge on any atom is -0.396 e. The second-order valence-corrected chi connectivity index (χ2v) is 3.46. The van der Waals surface area contributed by atoms with Gasteiger partial charge in [-0.05, 0) is 12.5 Å². The number of nitrogens with zero attached hydrogens (tertiary/aromatic N) is 1. The summed E-state index contributed by atoms with van der Waals surface area (Å²) in [5.74, 6) is 0. The van der Waals surface area contributed by atoms with Crippen molar-refractivity contribution in [2.45, 2.75) is 24.8 Å². The van der Waals surface area contributed by atoms with Crippen LogP contribution in [0.4, 0.5) is 13.2 Å². The minimum atomic E-state index is -4.70. The van der Waals surface area contributed by atoms with Crippen molar-refractivity contribution >= 4 is 0 Å². The van der Waals surface area contributed by atoms with Crippen molar-refractivity contribution in [2.75, 3.05) is 6.61 Å². The lowest BCUT2D eigenvalue weighted by Crippen LogP contribution is -2.23. The molecule has 1 rings (SSSR count). The summed E-state index contributed by atoms with van der Waals surface area (Å²) in [4.78, 5) is 3.15. The lowest BCUT2D eigenvalue weighted by atomic mass is 10.0. The van der Waals surface area contributed by atoms with Crippen molar-refractivity contribution in [1.29, 1.82) is 0 Å². The Kier molecular flexibility index (Phi) is 4.44. The number of aromatic nitrogens is 1. The second kappa shape index (κ2) is 5.44. The molecule has 0 radical (unpaired) electrons. The maximum atomic E-state index is 12.6. The van der Waals surface area contributed by atoms with Gasteiger partial charge < -0.3 is 15.3 Å². The Morgan fingerprint density at radius 3 is 2.47 bits per heavy atom. The fourth-order valence-corrected chi connectivity index (χ4v) is 1.39. The van der Waals surface area contributed by atoms with Gasteiger partial charge in [0.05, 0.1) is 6.10 Å². The standard InChI is InChI=1S/C10H12F3NO3/c11-10(12,13)9-6(2-1-4-14-9)8(17)7(16)3-5-15/h1-2,4,7-8,15-17H,3,5H2. The summed E-state index contributed by atoms with van der Waals surface area (Å²) in [6.45, 7) is -0.431. The first-order chi connectivity index (χ1) is 7.88. The maximum absolute atomic E-state index is 12.6. The Morgan fingerprint density at radius 1 is 1.29 bits per heavy atom. The molecule has 0 aliphatic rings. The summed E-state index contributed by atoms with van der Waals surface area (Å²) < 4.78 is 37.7. The quantitative estimate of drug-likeness (QED) is 0.742. The Hall–Kier alpha value is -1.18. The first kappa shape index (κ1) is 13.9. The van der Waals surface area contributed by atoms with Gasteiger partial charge in [0.2, 0.25) is 0 Å². The molecule has 0 bridgehead atoms. The summed E-state index contributed by atoms with van der Waals surface area (Å²) in [7, 11) is 0. The zero-order valence-electron chi connectivity index (χ0n) is 8.72. The summed E-state index contributed by atoms with van der Waals surface area (Å²) in [5.41, 5.74) is -1.73. The van der Waals surface area contributed by atoms with E-state index < -0.39 is 36.2 Å². The van der Waals surface area contributed by atoms with E-state index in [1.165, 1.54) is 6.07 Å². The van der Waals surface area contributed by atoms with Gasteiger partial charge in [0.1, 0.15) is 11.8 Å². The Labute approximate surface area is 95.4 Å². The molecule has 7 heteroatoms. The highest BCUT2D eigenvalue weighted by molar-refractivity contribution is 5.25. The van der Waals surface area contributed by atoms with Crippen LogP contribution in [0.1, 0.15) is 23.8 Å². The summed E-state index contributed by atoms with van der Waals surface area (Å²) >= 11 is 0. The Bertz CT molecular complexity index is 370. The lowest BCUT2D eigenvalue weighted by Gasteiger charge is -2.20. The van der Waals surface area contributed by atoms with Crippen LogP contribution in [-0.2, 0) is 6.18 Å². The van der Waals surface area contributed by atoms with Crippen molar-refractivity contribution in [2.24, 2.45) is 0 Å². The Balaban J connectivity index is 3.05. The molecule has 1 aromatic heterocycles. The average molecular weight is 251 g/mol. The average Bonchev–Trinajstić information content (AvgIpc) is 2.27. The van der Waals surface area contributed by atoms with Crippen LogP contribution < -0.4 is 0 Å². The van der Waals surface area contributed by atoms with Crippen LogP contribution in [0.3, 0.4) is 0 Å². The highest BCUT2D eigenvalue weighted by Gasteiger charge is 2.37. The van der Waals surface area contributed by atoms with Crippen LogP contribution >= 0.6 is 0 Å². The van der Waals surface area contributed by atoms with Gasteiger partial charge >= 0.3 is 6.18 Å². The summed E-state index contributed by atoms with van der Waals surface area (Å²) in [5, 5.41) is 27.5. The van der Waals surface area contributed by atoms with Gasteiger partial charge in [-0.2, -0.15) is 13.2 Å². The van der Waals surface area contributed by atoms with Crippen molar-refractivity contribution < 1.29 is 28.5 Å². The third-order valence-electron chi connectivity index (χ3n) is 2.22. The third kappa shape index (κ3) is 3.39. The topological polar surface area (TPSA) is 73.6 Å². The van der Waals surface area contributed by atoms with Crippen LogP contribution in [0.5, 0.6) is 0 Å². The zero-order valence-corrected chi connectivity index (χ0v) is 8.72. The number of aliphatic hydroxyl groups excluding tert-OH is 3. The van der Waals surface area contributed by atoms with Gasteiger partial charge in [-0.15, -0.1) is 0 Å². The predicted molar refractivity (Wildman–Crippen MR) is 51.9 cm³/mol. The van der Waals surface area contributed by atoms with Crippen molar-refractivity contribution in [3.63, 3.8) is 0 Å². The van der Waals surface area contributed by atoms with Crippen molar-refractivity contribution in [3.8, 4) is 0 Å². The van der Waals surface area contributed by atoms with Gasteiger partial charge in [-0.25, -0.2) is 0 Å². The number of halogens is 3. The van der Waals surface area contributed by atoms with Crippen LogP contribution in [0.25, 0.3) is 0 Å². The molecule has 17 heavy (non-hydrogen) atoms. The third-order valence-corrected chi connectivity index (χ3v) is 2.22. The fraction of sp³-hybridized carbons (Fsp3) is 0.500. The van der Waals surface area contributed by atoms with E-state index in [1.54, 1.807) is 0 Å². The molecule has 96 valence electrons. The van der Waals surface area contributed by atoms with Crippen LogP contribution in [-0.4, -0.2) is 33.0 Å². The maximum Gasteiger partial charge on any atom is 0.433 e. The number of hydrogen-bond acceptors (Lipinski definition) is 4. The van der Waals surface area contributed by atoms with E-state index in [0.717, 1.165) is 12.3 Å². The van der Waals surface area contributed by atoms with E-state index in [2.05, 4.69) is 4.98 Å². The summed E-state index contributed by atoms with van der Waals surface area (Å²) in [6.07, 6.45) is -7.15. The molecule has 4 nitrogen and oxygen atoms in total. The smallest absolute Gasteiger partial charge is 0.396 e. The number of rotatable bonds is 4. The molecular formula is C10H12F3NO3. The van der Waals surface area contributed by atoms with E-state index in [1.807, 2.05) is 0 Å². The molecule has 0 aromatic carbocycles. The number of alkyl halides is 3. The first-order valence-electron chi connectivity index (χ1n) is 4.87. The highest BCUT2D eigenvalue weighted by atomic mass is 19.4. The molecule has 2 unspecified atom stereocenters. The zero-order chi connectivity index (χ0) is 13.1. The van der Waals surface area contributed by atoms with Crippen LogP contribution in [0.15, 0.2) is 18.3 Å². The normalized spacial score (nSPS) is 15.6. The molecule has 0 amide bonds. The molecule has 0 saturated carbocycles. The monoisotopic (exact) mass is 251 g/mol. The van der Waals surface area contributed by atoms with Crippen LogP contribution in [0, 0.1) is 0 Å². The summed E-state index contributed by atoms with van der Waals surface area (Å²) in [6, 6.07) is 2.28. The van der Waals surface area contributed by atoms with E-state index >= 15 is 0 Å². The van der Waals surface area contributed by atoms with E-state index in [9.17, 15) is 23.4 Å². The van der Waals surface area contributed by atoms with E-state index in [-0.39, 0.29) is 6.42 Å². The second-order valence-electron chi connectivity index (χ2n) is 3.46. The fourth-order valence-electron chi connectivity index (χ4n) is 1.39.